The lowest BCUT2D eigenvalue weighted by Crippen LogP contribution is -1.97. The number of nitrogens with one attached hydrogen (secondary N) is 1. The molecule has 0 aliphatic rings. The maximum atomic E-state index is 11.6. The Morgan fingerprint density at radius 2 is 2.36 bits per heavy atom. The second-order valence-electron chi connectivity index (χ2n) is 3.35. The van der Waals surface area contributed by atoms with Crippen molar-refractivity contribution in [2.24, 2.45) is 0 Å². The van der Waals surface area contributed by atoms with E-state index in [-0.39, 0.29) is 5.78 Å². The summed E-state index contributed by atoms with van der Waals surface area (Å²) >= 11 is 0. The molecule has 0 atom stereocenters. The molecule has 0 aliphatic carbocycles. The molecule has 0 saturated heterocycles. The highest BCUT2D eigenvalue weighted by Gasteiger charge is 2.05. The molecule has 0 aliphatic heterocycles. The molecule has 1 heterocycles. The molecule has 0 fully saturated rings. The van der Waals surface area contributed by atoms with Gasteiger partial charge in [-0.05, 0) is 24.6 Å². The molecule has 72 valence electrons. The Kier molecular flexibility index (Phi) is 2.31. The van der Waals surface area contributed by atoms with E-state index in [2.05, 4.69) is 10.2 Å². The minimum Gasteiger partial charge on any atom is -0.294 e. The topological polar surface area (TPSA) is 45.8 Å². The zero-order chi connectivity index (χ0) is 9.97. The first-order valence-corrected chi connectivity index (χ1v) is 4.77. The van der Waals surface area contributed by atoms with Crippen molar-refractivity contribution in [2.75, 3.05) is 0 Å². The van der Waals surface area contributed by atoms with Crippen LogP contribution in [0.15, 0.2) is 24.4 Å². The van der Waals surface area contributed by atoms with Gasteiger partial charge in [-0.25, -0.2) is 0 Å². The van der Waals surface area contributed by atoms with Crippen LogP contribution in [0.5, 0.6) is 0 Å². The predicted molar refractivity (Wildman–Crippen MR) is 55.3 cm³/mol. The predicted octanol–water partition coefficient (Wildman–Crippen LogP) is 2.55. The smallest absolute Gasteiger partial charge is 0.162 e. The van der Waals surface area contributed by atoms with Gasteiger partial charge in [0.25, 0.3) is 0 Å². The minimum absolute atomic E-state index is 0.204. The summed E-state index contributed by atoms with van der Waals surface area (Å²) in [5.41, 5.74) is 1.75. The maximum absolute atomic E-state index is 11.6. The molecule has 1 aromatic heterocycles. The zero-order valence-electron chi connectivity index (χ0n) is 8.08. The Balaban J connectivity index is 2.38. The van der Waals surface area contributed by atoms with Gasteiger partial charge in [0.15, 0.2) is 5.78 Å². The number of hydrogen-bond acceptors (Lipinski definition) is 2. The summed E-state index contributed by atoms with van der Waals surface area (Å²) in [6.45, 7) is 2.01. The summed E-state index contributed by atoms with van der Waals surface area (Å²) in [6, 6.07) is 5.63. The number of rotatable bonds is 3. The van der Waals surface area contributed by atoms with Gasteiger partial charge >= 0.3 is 0 Å². The van der Waals surface area contributed by atoms with E-state index in [4.69, 9.17) is 0 Å². The third-order valence-electron chi connectivity index (χ3n) is 2.24. The number of aromatic nitrogens is 2. The number of carbonyl (C=O) groups excluding carboxylic acids is 1. The first-order chi connectivity index (χ1) is 6.81. The highest BCUT2D eigenvalue weighted by atomic mass is 16.1. The SMILES string of the molecule is CCCC(=O)c1ccc2[nH]ncc2c1. The number of fused-ring (bicyclic) bond motifs is 1. The number of H-pyrrole nitrogens is 1. The fraction of sp³-hybridized carbons (Fsp3) is 0.273. The van der Waals surface area contributed by atoms with Gasteiger partial charge in [0.2, 0.25) is 0 Å². The van der Waals surface area contributed by atoms with Crippen LogP contribution in [-0.2, 0) is 0 Å². The largest absolute Gasteiger partial charge is 0.294 e. The molecular weight excluding hydrogens is 176 g/mol. The van der Waals surface area contributed by atoms with Crippen LogP contribution in [0.25, 0.3) is 10.9 Å². The summed E-state index contributed by atoms with van der Waals surface area (Å²) in [5, 5.41) is 7.76. The molecule has 14 heavy (non-hydrogen) atoms. The first kappa shape index (κ1) is 8.94. The minimum atomic E-state index is 0.204. The van der Waals surface area contributed by atoms with Crippen molar-refractivity contribution in [3.8, 4) is 0 Å². The van der Waals surface area contributed by atoms with E-state index in [0.29, 0.717) is 6.42 Å². The molecule has 1 aromatic carbocycles. The van der Waals surface area contributed by atoms with E-state index in [1.54, 1.807) is 6.20 Å². The van der Waals surface area contributed by atoms with Crippen LogP contribution in [0.3, 0.4) is 0 Å². The van der Waals surface area contributed by atoms with Crippen LogP contribution >= 0.6 is 0 Å². The van der Waals surface area contributed by atoms with Gasteiger partial charge in [0.05, 0.1) is 11.7 Å². The summed E-state index contributed by atoms with van der Waals surface area (Å²) in [7, 11) is 0. The normalized spacial score (nSPS) is 10.6. The molecule has 3 heteroatoms. The van der Waals surface area contributed by atoms with E-state index >= 15 is 0 Å². The molecule has 2 aromatic rings. The average molecular weight is 188 g/mol. The Bertz CT molecular complexity index is 459. The molecule has 2 rings (SSSR count). The lowest BCUT2D eigenvalue weighted by atomic mass is 10.1. The number of benzene rings is 1. The van der Waals surface area contributed by atoms with Crippen molar-refractivity contribution in [1.29, 1.82) is 0 Å². The fourth-order valence-corrected chi connectivity index (χ4v) is 1.49. The Morgan fingerprint density at radius 1 is 1.50 bits per heavy atom. The van der Waals surface area contributed by atoms with E-state index in [0.717, 1.165) is 22.9 Å². The summed E-state index contributed by atoms with van der Waals surface area (Å²) in [5.74, 6) is 0.204. The van der Waals surface area contributed by atoms with Crippen LogP contribution in [0.4, 0.5) is 0 Å². The molecular formula is C11H12N2O. The lowest BCUT2D eigenvalue weighted by Gasteiger charge is -1.98. The van der Waals surface area contributed by atoms with E-state index < -0.39 is 0 Å². The average Bonchev–Trinajstić information content (AvgIpc) is 2.64. The van der Waals surface area contributed by atoms with Gasteiger partial charge in [-0.1, -0.05) is 6.92 Å². The van der Waals surface area contributed by atoms with Crippen LogP contribution in [0.2, 0.25) is 0 Å². The van der Waals surface area contributed by atoms with Crippen LogP contribution in [-0.4, -0.2) is 16.0 Å². The number of ketones is 1. The lowest BCUT2D eigenvalue weighted by molar-refractivity contribution is 0.0982. The molecule has 0 amide bonds. The second kappa shape index (κ2) is 3.62. The molecule has 0 radical (unpaired) electrons. The second-order valence-corrected chi connectivity index (χ2v) is 3.35. The number of nitrogens with zero attached hydrogens (tertiary/aromatic N) is 1. The quantitative estimate of drug-likeness (QED) is 0.752. The third-order valence-corrected chi connectivity index (χ3v) is 2.24. The first-order valence-electron chi connectivity index (χ1n) is 4.77. The van der Waals surface area contributed by atoms with Gasteiger partial charge in [0, 0.05) is 17.4 Å². The summed E-state index contributed by atoms with van der Waals surface area (Å²) < 4.78 is 0. The third kappa shape index (κ3) is 1.53. The fourth-order valence-electron chi connectivity index (χ4n) is 1.49. The summed E-state index contributed by atoms with van der Waals surface area (Å²) in [4.78, 5) is 11.6. The maximum Gasteiger partial charge on any atom is 0.162 e. The van der Waals surface area contributed by atoms with Crippen LogP contribution in [0, 0.1) is 0 Å². The Labute approximate surface area is 82.1 Å². The molecule has 0 spiro atoms. The van der Waals surface area contributed by atoms with Gasteiger partial charge in [-0.15, -0.1) is 0 Å². The van der Waals surface area contributed by atoms with Gasteiger partial charge in [-0.2, -0.15) is 5.10 Å². The van der Waals surface area contributed by atoms with Gasteiger partial charge in [-0.3, -0.25) is 9.89 Å². The van der Waals surface area contributed by atoms with Crippen molar-refractivity contribution in [3.63, 3.8) is 0 Å². The van der Waals surface area contributed by atoms with E-state index in [1.807, 2.05) is 25.1 Å². The molecule has 3 nitrogen and oxygen atoms in total. The van der Waals surface area contributed by atoms with Crippen molar-refractivity contribution in [1.82, 2.24) is 10.2 Å². The molecule has 0 saturated carbocycles. The standard InChI is InChI=1S/C11H12N2O/c1-2-3-11(14)8-4-5-10-9(6-8)7-12-13-10/h4-7H,2-3H2,1H3,(H,12,13). The number of Topliss-reactive ketones (excluding diaryl/α,β-unsaturated/α-hetero) is 1. The van der Waals surface area contributed by atoms with Crippen molar-refractivity contribution in [3.05, 3.63) is 30.0 Å². The molecule has 1 N–H and O–H groups in total. The van der Waals surface area contributed by atoms with Crippen LogP contribution < -0.4 is 0 Å². The number of carbonyl (C=O) groups is 1. The van der Waals surface area contributed by atoms with Crippen LogP contribution in [0.1, 0.15) is 30.1 Å². The Morgan fingerprint density at radius 3 is 3.14 bits per heavy atom. The highest BCUT2D eigenvalue weighted by molar-refractivity contribution is 5.99. The number of hydrogen-bond donors (Lipinski definition) is 1. The highest BCUT2D eigenvalue weighted by Crippen LogP contribution is 2.14. The van der Waals surface area contributed by atoms with Crippen molar-refractivity contribution >= 4 is 16.7 Å². The monoisotopic (exact) mass is 188 g/mol. The van der Waals surface area contributed by atoms with Gasteiger partial charge in [0.1, 0.15) is 0 Å². The van der Waals surface area contributed by atoms with Crippen molar-refractivity contribution in [2.45, 2.75) is 19.8 Å². The molecule has 0 bridgehead atoms. The Hall–Kier alpha value is -1.64. The zero-order valence-corrected chi connectivity index (χ0v) is 8.08. The van der Waals surface area contributed by atoms with E-state index in [9.17, 15) is 4.79 Å². The van der Waals surface area contributed by atoms with Crippen molar-refractivity contribution < 1.29 is 4.79 Å². The number of aromatic amines is 1. The molecule has 0 unspecified atom stereocenters. The van der Waals surface area contributed by atoms with Gasteiger partial charge < -0.3 is 0 Å². The van der Waals surface area contributed by atoms with E-state index in [1.165, 1.54) is 0 Å². The summed E-state index contributed by atoms with van der Waals surface area (Å²) in [6.07, 6.45) is 3.24.